The smallest absolute Gasteiger partial charge is 0.322 e. The Morgan fingerprint density at radius 1 is 1.33 bits per heavy atom. The number of sulfonamides is 1. The number of carboxylic acids is 1. The minimum absolute atomic E-state index is 0.317. The summed E-state index contributed by atoms with van der Waals surface area (Å²) in [5, 5.41) is 8.98. The molecule has 0 aromatic carbocycles. The van der Waals surface area contributed by atoms with Gasteiger partial charge in [0.15, 0.2) is 0 Å². The molecule has 0 rings (SSSR count). The number of hydrogen-bond acceptors (Lipinski definition) is 5. The van der Waals surface area contributed by atoms with Gasteiger partial charge in [-0.1, -0.05) is 20.8 Å². The number of aliphatic carboxylic acids is 1. The molecule has 0 radical (unpaired) electrons. The van der Waals surface area contributed by atoms with Gasteiger partial charge in [-0.25, -0.2) is 13.1 Å². The van der Waals surface area contributed by atoms with Crippen LogP contribution >= 0.6 is 0 Å². The highest BCUT2D eigenvalue weighted by Crippen LogP contribution is 2.20. The van der Waals surface area contributed by atoms with Gasteiger partial charge in [-0.2, -0.15) is 0 Å². The lowest BCUT2D eigenvalue weighted by atomic mass is 9.88. The van der Waals surface area contributed by atoms with Crippen LogP contribution in [-0.4, -0.2) is 44.4 Å². The number of hydrogen-bond donors (Lipinski definition) is 2. The Morgan fingerprint density at radius 2 is 1.83 bits per heavy atom. The Morgan fingerprint density at radius 3 is 2.17 bits per heavy atom. The van der Waals surface area contributed by atoms with Crippen LogP contribution in [0.2, 0.25) is 0 Å². The van der Waals surface area contributed by atoms with Gasteiger partial charge in [0.1, 0.15) is 6.04 Å². The van der Waals surface area contributed by atoms with Gasteiger partial charge in [0, 0.05) is 0 Å². The maximum absolute atomic E-state index is 11.6. The van der Waals surface area contributed by atoms with Crippen LogP contribution in [0.3, 0.4) is 0 Å². The lowest BCUT2D eigenvalue weighted by Crippen LogP contribution is -2.49. The van der Waals surface area contributed by atoms with Gasteiger partial charge in [-0.3, -0.25) is 9.59 Å². The van der Waals surface area contributed by atoms with E-state index in [4.69, 9.17) is 5.11 Å². The maximum Gasteiger partial charge on any atom is 0.322 e. The molecule has 2 N–H and O–H groups in total. The zero-order valence-corrected chi connectivity index (χ0v) is 11.7. The molecule has 0 aliphatic rings. The molecule has 106 valence electrons. The van der Waals surface area contributed by atoms with Crippen LogP contribution in [0.25, 0.3) is 0 Å². The van der Waals surface area contributed by atoms with Gasteiger partial charge in [0.2, 0.25) is 10.0 Å². The fraction of sp³-hybridized carbons (Fsp3) is 0.800. The van der Waals surface area contributed by atoms with E-state index in [0.717, 1.165) is 7.11 Å². The Kier molecular flexibility index (Phi) is 5.75. The van der Waals surface area contributed by atoms with Gasteiger partial charge in [-0.05, 0) is 5.41 Å². The quantitative estimate of drug-likeness (QED) is 0.661. The summed E-state index contributed by atoms with van der Waals surface area (Å²) in [6.45, 7) is 4.82. The first-order valence-corrected chi connectivity index (χ1v) is 6.94. The molecule has 8 heteroatoms. The second kappa shape index (κ2) is 6.14. The largest absolute Gasteiger partial charge is 0.480 e. The van der Waals surface area contributed by atoms with Crippen LogP contribution in [0, 0.1) is 5.41 Å². The van der Waals surface area contributed by atoms with Crippen molar-refractivity contribution in [2.75, 3.05) is 12.9 Å². The molecule has 0 aliphatic heterocycles. The lowest BCUT2D eigenvalue weighted by molar-refractivity contribution is -0.141. The summed E-state index contributed by atoms with van der Waals surface area (Å²) in [6.07, 6.45) is -0.317. The fourth-order valence-corrected chi connectivity index (χ4v) is 2.52. The monoisotopic (exact) mass is 281 g/mol. The molecule has 18 heavy (non-hydrogen) atoms. The molecule has 7 nitrogen and oxygen atoms in total. The van der Waals surface area contributed by atoms with E-state index in [1.54, 1.807) is 20.8 Å². The summed E-state index contributed by atoms with van der Waals surface area (Å²) in [5.41, 5.74) is -0.774. The van der Waals surface area contributed by atoms with E-state index in [0.29, 0.717) is 0 Å². The zero-order valence-electron chi connectivity index (χ0n) is 10.9. The molecule has 0 aliphatic carbocycles. The Labute approximate surface area is 107 Å². The fourth-order valence-electron chi connectivity index (χ4n) is 1.16. The highest BCUT2D eigenvalue weighted by molar-refractivity contribution is 7.89. The molecule has 0 bridgehead atoms. The molecule has 0 saturated heterocycles. The standard InChI is InChI=1S/C10H19NO6S/c1-10(2,3)8(9(13)14)11-18(15,16)6-5-7(12)17-4/h8,11H,5-6H2,1-4H3,(H,13,14)/t8-/m0/s1. The van der Waals surface area contributed by atoms with E-state index in [2.05, 4.69) is 9.46 Å². The van der Waals surface area contributed by atoms with Crippen molar-refractivity contribution in [2.45, 2.75) is 33.2 Å². The minimum atomic E-state index is -3.85. The van der Waals surface area contributed by atoms with Crippen molar-refractivity contribution < 1.29 is 27.9 Å². The van der Waals surface area contributed by atoms with Crippen molar-refractivity contribution in [3.63, 3.8) is 0 Å². The van der Waals surface area contributed by atoms with Crippen molar-refractivity contribution in [2.24, 2.45) is 5.41 Å². The van der Waals surface area contributed by atoms with Crippen LogP contribution < -0.4 is 4.72 Å². The van der Waals surface area contributed by atoms with Crippen molar-refractivity contribution >= 4 is 22.0 Å². The van der Waals surface area contributed by atoms with Gasteiger partial charge in [-0.15, -0.1) is 0 Å². The number of ether oxygens (including phenoxy) is 1. The Balaban J connectivity index is 4.73. The molecule has 0 fully saturated rings. The Hall–Kier alpha value is -1.15. The van der Waals surface area contributed by atoms with Gasteiger partial charge in [0.25, 0.3) is 0 Å². The average molecular weight is 281 g/mol. The third kappa shape index (κ3) is 5.97. The van der Waals surface area contributed by atoms with Gasteiger partial charge < -0.3 is 9.84 Å². The molecule has 0 unspecified atom stereocenters. The van der Waals surface area contributed by atoms with Crippen LogP contribution in [-0.2, 0) is 24.3 Å². The zero-order chi connectivity index (χ0) is 14.6. The molecule has 0 heterocycles. The summed E-state index contributed by atoms with van der Waals surface area (Å²) in [4.78, 5) is 21.8. The molecule has 0 spiro atoms. The second-order valence-electron chi connectivity index (χ2n) is 4.90. The average Bonchev–Trinajstić information content (AvgIpc) is 2.21. The van der Waals surface area contributed by atoms with Gasteiger partial charge >= 0.3 is 11.9 Å². The summed E-state index contributed by atoms with van der Waals surface area (Å²) in [5.74, 6) is -2.42. The highest BCUT2D eigenvalue weighted by atomic mass is 32.2. The SMILES string of the molecule is COC(=O)CCS(=O)(=O)N[C@@H](C(=O)O)C(C)(C)C. The third-order valence-corrected chi connectivity index (χ3v) is 3.55. The molecule has 0 aromatic heterocycles. The predicted octanol–water partition coefficient (Wildman–Crippen LogP) is -0.0318. The molecular weight excluding hydrogens is 262 g/mol. The molecular formula is C10H19NO6S. The molecule has 1 atom stereocenters. The number of nitrogens with one attached hydrogen (secondary N) is 1. The van der Waals surface area contributed by atoms with E-state index in [9.17, 15) is 18.0 Å². The normalized spacial score (nSPS) is 14.0. The van der Waals surface area contributed by atoms with Crippen molar-refractivity contribution in [3.05, 3.63) is 0 Å². The summed E-state index contributed by atoms with van der Waals surface area (Å²) in [7, 11) is -2.70. The predicted molar refractivity (Wildman–Crippen MR) is 64.4 cm³/mol. The van der Waals surface area contributed by atoms with Crippen LogP contribution in [0.15, 0.2) is 0 Å². The lowest BCUT2D eigenvalue weighted by Gasteiger charge is -2.27. The highest BCUT2D eigenvalue weighted by Gasteiger charge is 2.34. The molecule has 0 saturated carbocycles. The van der Waals surface area contributed by atoms with Gasteiger partial charge in [0.05, 0.1) is 19.3 Å². The van der Waals surface area contributed by atoms with E-state index in [1.165, 1.54) is 0 Å². The number of methoxy groups -OCH3 is 1. The number of carbonyl (C=O) groups excluding carboxylic acids is 1. The summed E-state index contributed by atoms with van der Waals surface area (Å²) in [6, 6.07) is -1.25. The van der Waals surface area contributed by atoms with Crippen molar-refractivity contribution in [1.29, 1.82) is 0 Å². The molecule has 0 aromatic rings. The maximum atomic E-state index is 11.6. The second-order valence-corrected chi connectivity index (χ2v) is 6.77. The van der Waals surface area contributed by atoms with Crippen LogP contribution in [0.1, 0.15) is 27.2 Å². The van der Waals surface area contributed by atoms with E-state index < -0.39 is 39.2 Å². The van der Waals surface area contributed by atoms with E-state index in [-0.39, 0.29) is 6.42 Å². The number of carboxylic acid groups (broad SMARTS) is 1. The van der Waals surface area contributed by atoms with Crippen LogP contribution in [0.4, 0.5) is 0 Å². The van der Waals surface area contributed by atoms with Crippen molar-refractivity contribution in [1.82, 2.24) is 4.72 Å². The Bertz CT molecular complexity index is 409. The first-order valence-electron chi connectivity index (χ1n) is 5.29. The van der Waals surface area contributed by atoms with E-state index >= 15 is 0 Å². The number of rotatable bonds is 6. The number of carbonyl (C=O) groups is 2. The minimum Gasteiger partial charge on any atom is -0.480 e. The number of esters is 1. The first kappa shape index (κ1) is 16.9. The third-order valence-electron chi connectivity index (χ3n) is 2.21. The molecule has 0 amide bonds. The van der Waals surface area contributed by atoms with Crippen LogP contribution in [0.5, 0.6) is 0 Å². The topological polar surface area (TPSA) is 110 Å². The summed E-state index contributed by atoms with van der Waals surface area (Å²) >= 11 is 0. The summed E-state index contributed by atoms with van der Waals surface area (Å²) < 4.78 is 29.7. The van der Waals surface area contributed by atoms with E-state index in [1.807, 2.05) is 0 Å². The van der Waals surface area contributed by atoms with Crippen molar-refractivity contribution in [3.8, 4) is 0 Å². The first-order chi connectivity index (χ1) is 7.99.